The van der Waals surface area contributed by atoms with Gasteiger partial charge >= 0.3 is 0 Å². The van der Waals surface area contributed by atoms with Crippen molar-refractivity contribution >= 4 is 68.8 Å². The van der Waals surface area contributed by atoms with Gasteiger partial charge in [0, 0.05) is 28.9 Å². The Hall–Kier alpha value is -1.50. The first kappa shape index (κ1) is 22.2. The summed E-state index contributed by atoms with van der Waals surface area (Å²) in [6.07, 6.45) is 3.17. The van der Waals surface area contributed by atoms with Crippen molar-refractivity contribution in [2.75, 3.05) is 11.9 Å². The maximum Gasteiger partial charge on any atom is 0.226 e. The third kappa shape index (κ3) is 6.49. The van der Waals surface area contributed by atoms with Gasteiger partial charge in [-0.3, -0.25) is 4.79 Å². The number of carbonyl (C=O) groups excluding carboxylic acids is 1. The number of nitrogens with one attached hydrogen (secondary N) is 1. The van der Waals surface area contributed by atoms with E-state index >= 15 is 0 Å². The molecule has 0 bridgehead atoms. The Bertz CT molecular complexity index is 1010. The third-order valence-electron chi connectivity index (χ3n) is 3.90. The predicted octanol–water partition coefficient (Wildman–Crippen LogP) is 7.15. The number of nitrogens with zero attached hydrogens (tertiary/aromatic N) is 1. The van der Waals surface area contributed by atoms with Crippen LogP contribution < -0.4 is 10.1 Å². The van der Waals surface area contributed by atoms with Gasteiger partial charge in [0.2, 0.25) is 5.91 Å². The fourth-order valence-corrected chi connectivity index (χ4v) is 4.21. The van der Waals surface area contributed by atoms with Gasteiger partial charge in [0.25, 0.3) is 0 Å². The summed E-state index contributed by atoms with van der Waals surface area (Å²) in [5.41, 5.74) is 0.915. The molecule has 9 heteroatoms. The molecule has 3 aromatic rings. The van der Waals surface area contributed by atoms with Gasteiger partial charge in [-0.1, -0.05) is 58.5 Å². The predicted molar refractivity (Wildman–Crippen MR) is 121 cm³/mol. The molecule has 0 aliphatic heterocycles. The van der Waals surface area contributed by atoms with Crippen molar-refractivity contribution in [1.29, 1.82) is 0 Å². The van der Waals surface area contributed by atoms with Crippen LogP contribution in [0, 0.1) is 0 Å². The standard InChI is InChI=1S/C20H16Cl4N2O2S/c21-13-6-7-17(16(23)10-13)28-8-2-5-18(27)26-20-25-11-14(29-20)9-12-3-1-4-15(22)19(12)24/h1,3-4,6-7,10-11H,2,5,8-9H2,(H,25,26,27). The molecule has 1 amide bonds. The maximum atomic E-state index is 12.1. The van der Waals surface area contributed by atoms with Gasteiger partial charge in [-0.25, -0.2) is 4.98 Å². The summed E-state index contributed by atoms with van der Waals surface area (Å²) in [5.74, 6) is 0.415. The van der Waals surface area contributed by atoms with Gasteiger partial charge in [-0.05, 0) is 36.2 Å². The smallest absolute Gasteiger partial charge is 0.226 e. The highest BCUT2D eigenvalue weighted by molar-refractivity contribution is 7.15. The van der Waals surface area contributed by atoms with Gasteiger partial charge in [-0.15, -0.1) is 11.3 Å². The average Bonchev–Trinajstić information content (AvgIpc) is 3.11. The number of halogens is 4. The van der Waals surface area contributed by atoms with E-state index in [1.807, 2.05) is 12.1 Å². The largest absolute Gasteiger partial charge is 0.492 e. The molecule has 29 heavy (non-hydrogen) atoms. The molecule has 0 radical (unpaired) electrons. The second kappa shape index (κ2) is 10.5. The number of amides is 1. The molecule has 4 nitrogen and oxygen atoms in total. The molecule has 0 spiro atoms. The molecule has 2 aromatic carbocycles. The highest BCUT2D eigenvalue weighted by Crippen LogP contribution is 2.30. The lowest BCUT2D eigenvalue weighted by Gasteiger charge is -2.08. The Morgan fingerprint density at radius 1 is 1.10 bits per heavy atom. The number of rotatable bonds is 8. The van der Waals surface area contributed by atoms with Gasteiger partial charge in [0.15, 0.2) is 5.13 Å². The lowest BCUT2D eigenvalue weighted by Crippen LogP contribution is -2.12. The van der Waals surface area contributed by atoms with Crippen LogP contribution in [0.3, 0.4) is 0 Å². The first-order chi connectivity index (χ1) is 13.9. The molecule has 3 rings (SSSR count). The van der Waals surface area contributed by atoms with E-state index in [9.17, 15) is 4.79 Å². The highest BCUT2D eigenvalue weighted by atomic mass is 35.5. The molecule has 0 saturated carbocycles. The maximum absolute atomic E-state index is 12.1. The molecule has 152 valence electrons. The van der Waals surface area contributed by atoms with E-state index in [1.165, 1.54) is 11.3 Å². The third-order valence-corrected chi connectivity index (χ3v) is 6.20. The summed E-state index contributed by atoms with van der Waals surface area (Å²) in [6.45, 7) is 0.366. The fourth-order valence-electron chi connectivity index (χ4n) is 2.51. The number of thiazole rings is 1. The minimum atomic E-state index is -0.127. The lowest BCUT2D eigenvalue weighted by molar-refractivity contribution is -0.116. The molecule has 1 heterocycles. The molecule has 0 saturated heterocycles. The quantitative estimate of drug-likeness (QED) is 0.342. The van der Waals surface area contributed by atoms with E-state index in [4.69, 9.17) is 51.1 Å². The summed E-state index contributed by atoms with van der Waals surface area (Å²) in [6, 6.07) is 10.5. The number of anilines is 1. The minimum absolute atomic E-state index is 0.127. The van der Waals surface area contributed by atoms with E-state index in [2.05, 4.69) is 10.3 Å². The Labute approximate surface area is 192 Å². The van der Waals surface area contributed by atoms with E-state index in [0.29, 0.717) is 56.8 Å². The normalized spacial score (nSPS) is 10.8. The molecular formula is C20H16Cl4N2O2S. The molecule has 0 aliphatic rings. The van der Waals surface area contributed by atoms with Crippen molar-refractivity contribution in [3.8, 4) is 5.75 Å². The van der Waals surface area contributed by atoms with Gasteiger partial charge in [-0.2, -0.15) is 0 Å². The van der Waals surface area contributed by atoms with Gasteiger partial charge in [0.1, 0.15) is 5.75 Å². The summed E-state index contributed by atoms with van der Waals surface area (Å²) in [5, 5.41) is 5.39. The number of benzene rings is 2. The molecule has 0 unspecified atom stereocenters. The molecule has 1 aromatic heterocycles. The van der Waals surface area contributed by atoms with Crippen molar-refractivity contribution < 1.29 is 9.53 Å². The SMILES string of the molecule is O=C(CCCOc1ccc(Cl)cc1Cl)Nc1ncc(Cc2cccc(Cl)c2Cl)s1. The second-order valence-corrected chi connectivity index (χ2v) is 8.84. The van der Waals surface area contributed by atoms with Crippen LogP contribution in [-0.2, 0) is 11.2 Å². The van der Waals surface area contributed by atoms with Crippen molar-refractivity contribution in [1.82, 2.24) is 4.98 Å². The Morgan fingerprint density at radius 2 is 1.93 bits per heavy atom. The van der Waals surface area contributed by atoms with Crippen molar-refractivity contribution in [2.45, 2.75) is 19.3 Å². The average molecular weight is 490 g/mol. The summed E-state index contributed by atoms with van der Waals surface area (Å²) in [7, 11) is 0. The van der Waals surface area contributed by atoms with E-state index in [0.717, 1.165) is 10.4 Å². The molecule has 1 N–H and O–H groups in total. The summed E-state index contributed by atoms with van der Waals surface area (Å²) in [4.78, 5) is 17.3. The van der Waals surface area contributed by atoms with Crippen LogP contribution >= 0.6 is 57.7 Å². The molecule has 0 aliphatic carbocycles. The minimum Gasteiger partial charge on any atom is -0.492 e. The zero-order valence-electron chi connectivity index (χ0n) is 15.1. The number of hydrogen-bond donors (Lipinski definition) is 1. The van der Waals surface area contributed by atoms with Crippen LogP contribution in [0.25, 0.3) is 0 Å². The van der Waals surface area contributed by atoms with Crippen LogP contribution in [0.15, 0.2) is 42.6 Å². The van der Waals surface area contributed by atoms with Crippen LogP contribution in [-0.4, -0.2) is 17.5 Å². The van der Waals surface area contributed by atoms with Crippen LogP contribution in [0.1, 0.15) is 23.3 Å². The summed E-state index contributed by atoms with van der Waals surface area (Å²) >= 11 is 25.6. The van der Waals surface area contributed by atoms with Crippen molar-refractivity contribution in [3.63, 3.8) is 0 Å². The topological polar surface area (TPSA) is 51.2 Å². The number of ether oxygens (including phenoxy) is 1. The van der Waals surface area contributed by atoms with Gasteiger partial charge in [0.05, 0.1) is 21.7 Å². The van der Waals surface area contributed by atoms with Crippen LogP contribution in [0.4, 0.5) is 5.13 Å². The van der Waals surface area contributed by atoms with E-state index in [1.54, 1.807) is 30.5 Å². The number of aromatic nitrogens is 1. The number of hydrogen-bond acceptors (Lipinski definition) is 4. The molecule has 0 atom stereocenters. The van der Waals surface area contributed by atoms with E-state index in [-0.39, 0.29) is 5.91 Å². The van der Waals surface area contributed by atoms with Crippen molar-refractivity contribution in [3.05, 3.63) is 73.1 Å². The Balaban J connectivity index is 1.44. The van der Waals surface area contributed by atoms with Crippen LogP contribution in [0.2, 0.25) is 20.1 Å². The number of carbonyl (C=O) groups is 1. The fraction of sp³-hybridized carbons (Fsp3) is 0.200. The Kier molecular flexibility index (Phi) is 8.04. The first-order valence-electron chi connectivity index (χ1n) is 8.67. The highest BCUT2D eigenvalue weighted by Gasteiger charge is 2.10. The van der Waals surface area contributed by atoms with E-state index < -0.39 is 0 Å². The van der Waals surface area contributed by atoms with Crippen LogP contribution in [0.5, 0.6) is 5.75 Å². The summed E-state index contributed by atoms with van der Waals surface area (Å²) < 4.78 is 5.58. The van der Waals surface area contributed by atoms with Crippen molar-refractivity contribution in [2.24, 2.45) is 0 Å². The van der Waals surface area contributed by atoms with Gasteiger partial charge < -0.3 is 10.1 Å². The Morgan fingerprint density at radius 3 is 2.72 bits per heavy atom. The monoisotopic (exact) mass is 488 g/mol. The second-order valence-electron chi connectivity index (χ2n) is 6.10. The zero-order chi connectivity index (χ0) is 20.8. The zero-order valence-corrected chi connectivity index (χ0v) is 18.9. The molecular weight excluding hydrogens is 474 g/mol. The lowest BCUT2D eigenvalue weighted by atomic mass is 10.1. The molecule has 0 fully saturated rings. The first-order valence-corrected chi connectivity index (χ1v) is 11.0.